The number of hydrogen-bond donors (Lipinski definition) is 1. The van der Waals surface area contributed by atoms with Crippen molar-refractivity contribution in [2.24, 2.45) is 5.73 Å². The Balaban J connectivity index is 1.86. The average molecular weight is 243 g/mol. The molecule has 18 heavy (non-hydrogen) atoms. The molecule has 94 valence electrons. The highest BCUT2D eigenvalue weighted by Crippen LogP contribution is 2.18. The van der Waals surface area contributed by atoms with Crippen LogP contribution in [-0.4, -0.2) is 13.2 Å². The molecule has 0 aliphatic heterocycles. The molecular weight excluding hydrogens is 226 g/mol. The molecule has 2 aromatic carbocycles. The number of hydrogen-bond acceptors (Lipinski definition) is 3. The Morgan fingerprint density at radius 2 is 1.39 bits per heavy atom. The second kappa shape index (κ2) is 6.67. The molecule has 0 atom stereocenters. The van der Waals surface area contributed by atoms with Gasteiger partial charge >= 0.3 is 0 Å². The van der Waals surface area contributed by atoms with Crippen LogP contribution in [0, 0.1) is 0 Å². The van der Waals surface area contributed by atoms with E-state index in [1.54, 1.807) is 0 Å². The third kappa shape index (κ3) is 3.79. The Morgan fingerprint density at radius 3 is 2.00 bits per heavy atom. The predicted molar refractivity (Wildman–Crippen MR) is 71.8 cm³/mol. The van der Waals surface area contributed by atoms with Crippen LogP contribution in [0.25, 0.3) is 0 Å². The maximum Gasteiger partial charge on any atom is 0.120 e. The molecule has 0 saturated heterocycles. The highest BCUT2D eigenvalue weighted by atomic mass is 16.5. The normalized spacial score (nSPS) is 10.1. The first-order chi connectivity index (χ1) is 8.88. The fraction of sp³-hybridized carbons (Fsp3) is 0.200. The molecule has 0 saturated carbocycles. The zero-order valence-corrected chi connectivity index (χ0v) is 10.2. The monoisotopic (exact) mass is 243 g/mol. The van der Waals surface area contributed by atoms with E-state index in [1.807, 2.05) is 54.6 Å². The molecule has 0 heterocycles. The lowest BCUT2D eigenvalue weighted by molar-refractivity contribution is 0.303. The summed E-state index contributed by atoms with van der Waals surface area (Å²) in [6, 6.07) is 17.6. The van der Waals surface area contributed by atoms with Crippen molar-refractivity contribution in [1.82, 2.24) is 0 Å². The minimum Gasteiger partial charge on any atom is -0.492 e. The number of nitrogens with two attached hydrogens (primary N) is 1. The van der Waals surface area contributed by atoms with Gasteiger partial charge in [0.25, 0.3) is 0 Å². The van der Waals surface area contributed by atoms with Gasteiger partial charge in [-0.25, -0.2) is 0 Å². The summed E-state index contributed by atoms with van der Waals surface area (Å²) in [6.45, 7) is 1.63. The summed E-state index contributed by atoms with van der Waals surface area (Å²) in [5.74, 6) is 1.64. The van der Waals surface area contributed by atoms with Gasteiger partial charge in [0.2, 0.25) is 0 Å². The second-order valence-electron chi connectivity index (χ2n) is 3.88. The third-order valence-corrected chi connectivity index (χ3v) is 2.46. The van der Waals surface area contributed by atoms with Crippen molar-refractivity contribution in [3.63, 3.8) is 0 Å². The van der Waals surface area contributed by atoms with Gasteiger partial charge in [0.05, 0.1) is 0 Å². The molecule has 0 unspecified atom stereocenters. The molecule has 2 N–H and O–H groups in total. The summed E-state index contributed by atoms with van der Waals surface area (Å²) in [7, 11) is 0. The zero-order chi connectivity index (χ0) is 12.6. The SMILES string of the molecule is NCCOc1ccc(OCc2ccccc2)cc1. The molecule has 0 fully saturated rings. The molecule has 0 bridgehead atoms. The summed E-state index contributed by atoms with van der Waals surface area (Å²) >= 11 is 0. The van der Waals surface area contributed by atoms with Crippen LogP contribution in [0.5, 0.6) is 11.5 Å². The number of rotatable bonds is 6. The quantitative estimate of drug-likeness (QED) is 0.848. The molecule has 0 radical (unpaired) electrons. The second-order valence-corrected chi connectivity index (χ2v) is 3.88. The summed E-state index contributed by atoms with van der Waals surface area (Å²) in [5.41, 5.74) is 6.52. The van der Waals surface area contributed by atoms with Crippen molar-refractivity contribution in [2.75, 3.05) is 13.2 Å². The summed E-state index contributed by atoms with van der Waals surface area (Å²) in [6.07, 6.45) is 0. The van der Waals surface area contributed by atoms with E-state index in [1.165, 1.54) is 0 Å². The van der Waals surface area contributed by atoms with Gasteiger partial charge in [-0.3, -0.25) is 0 Å². The molecule has 0 amide bonds. The van der Waals surface area contributed by atoms with Gasteiger partial charge in [-0.1, -0.05) is 30.3 Å². The standard InChI is InChI=1S/C15H17NO2/c16-10-11-17-14-6-8-15(9-7-14)18-12-13-4-2-1-3-5-13/h1-9H,10-12,16H2. The largest absolute Gasteiger partial charge is 0.492 e. The maximum absolute atomic E-state index is 5.67. The van der Waals surface area contributed by atoms with Gasteiger partial charge in [-0.15, -0.1) is 0 Å². The molecule has 0 aliphatic carbocycles. The van der Waals surface area contributed by atoms with Gasteiger partial charge in [-0.2, -0.15) is 0 Å². The lowest BCUT2D eigenvalue weighted by Gasteiger charge is -2.08. The first-order valence-electron chi connectivity index (χ1n) is 5.98. The lowest BCUT2D eigenvalue weighted by Crippen LogP contribution is -2.10. The van der Waals surface area contributed by atoms with Gasteiger partial charge in [0.1, 0.15) is 24.7 Å². The van der Waals surface area contributed by atoms with Crippen molar-refractivity contribution in [3.05, 3.63) is 60.2 Å². The Morgan fingerprint density at radius 1 is 0.778 bits per heavy atom. The van der Waals surface area contributed by atoms with Crippen molar-refractivity contribution < 1.29 is 9.47 Å². The van der Waals surface area contributed by atoms with Crippen LogP contribution in [0.3, 0.4) is 0 Å². The van der Waals surface area contributed by atoms with E-state index in [4.69, 9.17) is 15.2 Å². The fourth-order valence-electron chi connectivity index (χ4n) is 1.55. The molecule has 3 heteroatoms. The van der Waals surface area contributed by atoms with Crippen molar-refractivity contribution in [2.45, 2.75) is 6.61 Å². The number of ether oxygens (including phenoxy) is 2. The fourth-order valence-corrected chi connectivity index (χ4v) is 1.55. The van der Waals surface area contributed by atoms with Gasteiger partial charge in [-0.05, 0) is 29.8 Å². The zero-order valence-electron chi connectivity index (χ0n) is 10.2. The van der Waals surface area contributed by atoms with Crippen LogP contribution < -0.4 is 15.2 Å². The lowest BCUT2D eigenvalue weighted by atomic mass is 10.2. The average Bonchev–Trinajstić information content (AvgIpc) is 2.45. The van der Waals surface area contributed by atoms with Crippen molar-refractivity contribution in [3.8, 4) is 11.5 Å². The van der Waals surface area contributed by atoms with Crippen molar-refractivity contribution in [1.29, 1.82) is 0 Å². The minimum absolute atomic E-state index is 0.520. The predicted octanol–water partition coefficient (Wildman–Crippen LogP) is 2.60. The summed E-state index contributed by atoms with van der Waals surface area (Å²) in [5, 5.41) is 0. The molecule has 3 nitrogen and oxygen atoms in total. The molecule has 0 aliphatic rings. The number of benzene rings is 2. The van der Waals surface area contributed by atoms with Crippen LogP contribution in [-0.2, 0) is 6.61 Å². The highest BCUT2D eigenvalue weighted by Gasteiger charge is 1.97. The molecule has 0 spiro atoms. The molecule has 0 aromatic heterocycles. The van der Waals surface area contributed by atoms with Crippen LogP contribution in [0.2, 0.25) is 0 Å². The maximum atomic E-state index is 5.67. The van der Waals surface area contributed by atoms with E-state index >= 15 is 0 Å². The Labute approximate surface area is 107 Å². The van der Waals surface area contributed by atoms with E-state index in [-0.39, 0.29) is 0 Å². The first-order valence-corrected chi connectivity index (χ1v) is 5.98. The van der Waals surface area contributed by atoms with E-state index in [0.717, 1.165) is 17.1 Å². The van der Waals surface area contributed by atoms with E-state index in [9.17, 15) is 0 Å². The minimum atomic E-state index is 0.520. The summed E-state index contributed by atoms with van der Waals surface area (Å²) < 4.78 is 11.1. The van der Waals surface area contributed by atoms with Crippen LogP contribution in [0.1, 0.15) is 5.56 Å². The van der Waals surface area contributed by atoms with E-state index in [0.29, 0.717) is 19.8 Å². The first kappa shape index (κ1) is 12.5. The topological polar surface area (TPSA) is 44.5 Å². The third-order valence-electron chi connectivity index (χ3n) is 2.46. The Bertz CT molecular complexity index is 454. The smallest absolute Gasteiger partial charge is 0.120 e. The van der Waals surface area contributed by atoms with E-state index < -0.39 is 0 Å². The molecule has 2 rings (SSSR count). The van der Waals surface area contributed by atoms with Crippen LogP contribution >= 0.6 is 0 Å². The van der Waals surface area contributed by atoms with E-state index in [2.05, 4.69) is 0 Å². The molecule has 2 aromatic rings. The highest BCUT2D eigenvalue weighted by molar-refractivity contribution is 5.31. The Kier molecular flexibility index (Phi) is 4.61. The van der Waals surface area contributed by atoms with Gasteiger partial charge in [0, 0.05) is 6.54 Å². The van der Waals surface area contributed by atoms with Crippen molar-refractivity contribution >= 4 is 0 Å². The van der Waals surface area contributed by atoms with Gasteiger partial charge < -0.3 is 15.2 Å². The molecular formula is C15H17NO2. The van der Waals surface area contributed by atoms with Crippen LogP contribution in [0.4, 0.5) is 0 Å². The van der Waals surface area contributed by atoms with Gasteiger partial charge in [0.15, 0.2) is 0 Å². The van der Waals surface area contributed by atoms with Crippen LogP contribution in [0.15, 0.2) is 54.6 Å². The summed E-state index contributed by atoms with van der Waals surface area (Å²) in [4.78, 5) is 0. The Hall–Kier alpha value is -2.00.